The highest BCUT2D eigenvalue weighted by atomic mass is 127. The average molecular weight is 229 g/mol. The summed E-state index contributed by atoms with van der Waals surface area (Å²) in [6, 6.07) is 8.02. The monoisotopic (exact) mass is 229 g/mol. The molecule has 0 nitrogen and oxygen atoms in total. The van der Waals surface area contributed by atoms with Crippen molar-refractivity contribution in [3.63, 3.8) is 0 Å². The van der Waals surface area contributed by atoms with E-state index in [0.29, 0.717) is 0 Å². The Balaban J connectivity index is 3.07. The number of rotatable bonds is 1. The van der Waals surface area contributed by atoms with Crippen LogP contribution in [0, 0.1) is 10.1 Å². The molecule has 0 aliphatic carbocycles. The lowest BCUT2D eigenvalue weighted by Gasteiger charge is -1.90. The third-order valence-corrected chi connectivity index (χ3v) is 1.71. The van der Waals surface area contributed by atoms with E-state index in [2.05, 4.69) is 22.6 Å². The molecule has 0 spiro atoms. The predicted molar refractivity (Wildman–Crippen MR) is 47.9 cm³/mol. The maximum absolute atomic E-state index is 5.29. The van der Waals surface area contributed by atoms with Gasteiger partial charge in [-0.25, -0.2) is 0 Å². The second-order valence-corrected chi connectivity index (χ2v) is 2.97. The molecule has 1 rings (SSSR count). The molecule has 0 bridgehead atoms. The Morgan fingerprint density at radius 2 is 2.22 bits per heavy atom. The van der Waals surface area contributed by atoms with Crippen LogP contribution in [0.1, 0.15) is 5.56 Å². The molecule has 0 heterocycles. The van der Waals surface area contributed by atoms with Crippen LogP contribution < -0.4 is 0 Å². The first-order valence-corrected chi connectivity index (χ1v) is 3.71. The molecule has 45 valence electrons. The lowest BCUT2D eigenvalue weighted by molar-refractivity contribution is 1.61. The molecule has 1 heteroatoms. The van der Waals surface area contributed by atoms with Gasteiger partial charge < -0.3 is 0 Å². The summed E-state index contributed by atoms with van der Waals surface area (Å²) >= 11 is 2.25. The third-order valence-electron chi connectivity index (χ3n) is 1.04. The average Bonchev–Trinajstić information content (AvgIpc) is 1.88. The van der Waals surface area contributed by atoms with Crippen LogP contribution in [0.15, 0.2) is 24.3 Å². The predicted octanol–water partition coefficient (Wildman–Crippen LogP) is 2.74. The van der Waals surface area contributed by atoms with Gasteiger partial charge in [0.2, 0.25) is 0 Å². The van der Waals surface area contributed by atoms with E-state index in [9.17, 15) is 0 Å². The molecule has 0 amide bonds. The van der Waals surface area contributed by atoms with Gasteiger partial charge in [0, 0.05) is 3.57 Å². The normalized spacial score (nSPS) is 9.00. The molecule has 0 saturated heterocycles. The van der Waals surface area contributed by atoms with E-state index in [-0.39, 0.29) is 0 Å². The zero-order valence-corrected chi connectivity index (χ0v) is 7.00. The molecule has 0 N–H and O–H groups in total. The number of benzene rings is 1. The molecule has 0 unspecified atom stereocenters. The minimum absolute atomic E-state index is 1.07. The van der Waals surface area contributed by atoms with E-state index in [1.165, 1.54) is 3.57 Å². The molecular weight excluding hydrogens is 223 g/mol. The third kappa shape index (κ3) is 1.82. The smallest absolute Gasteiger partial charge is 0.0136 e. The Morgan fingerprint density at radius 1 is 1.44 bits per heavy atom. The van der Waals surface area contributed by atoms with Crippen LogP contribution >= 0.6 is 22.6 Å². The van der Waals surface area contributed by atoms with Crippen LogP contribution in [0.3, 0.4) is 0 Å². The van der Waals surface area contributed by atoms with E-state index in [0.717, 1.165) is 5.56 Å². The van der Waals surface area contributed by atoms with Gasteiger partial charge in [0.05, 0.1) is 0 Å². The van der Waals surface area contributed by atoms with Gasteiger partial charge in [0.15, 0.2) is 0 Å². The first-order chi connectivity index (χ1) is 4.33. The van der Waals surface area contributed by atoms with Crippen molar-refractivity contribution in [2.45, 2.75) is 0 Å². The molecule has 1 radical (unpaired) electrons. The van der Waals surface area contributed by atoms with Gasteiger partial charge in [-0.1, -0.05) is 24.8 Å². The highest BCUT2D eigenvalue weighted by Crippen LogP contribution is 2.07. The first-order valence-electron chi connectivity index (χ1n) is 2.63. The molecule has 0 aliphatic rings. The van der Waals surface area contributed by atoms with Crippen molar-refractivity contribution in [2.75, 3.05) is 0 Å². The van der Waals surface area contributed by atoms with Crippen LogP contribution in [-0.4, -0.2) is 0 Å². The number of halogens is 1. The first kappa shape index (κ1) is 6.81. The fraction of sp³-hybridized carbons (Fsp3) is 0. The van der Waals surface area contributed by atoms with Crippen molar-refractivity contribution in [3.8, 4) is 0 Å². The van der Waals surface area contributed by atoms with Crippen LogP contribution in [0.2, 0.25) is 0 Å². The van der Waals surface area contributed by atoms with Gasteiger partial charge in [-0.2, -0.15) is 0 Å². The van der Waals surface area contributed by atoms with Crippen molar-refractivity contribution >= 4 is 28.7 Å². The van der Waals surface area contributed by atoms with Crippen LogP contribution in [0.5, 0.6) is 0 Å². The quantitative estimate of drug-likeness (QED) is 0.649. The fourth-order valence-corrected chi connectivity index (χ4v) is 1.18. The van der Waals surface area contributed by atoms with E-state index in [4.69, 9.17) is 6.58 Å². The van der Waals surface area contributed by atoms with Gasteiger partial charge in [0.25, 0.3) is 0 Å². The van der Waals surface area contributed by atoms with E-state index >= 15 is 0 Å². The van der Waals surface area contributed by atoms with Crippen molar-refractivity contribution in [1.82, 2.24) is 0 Å². The molecule has 0 aliphatic heterocycles. The molecule has 1 aromatic carbocycles. The summed E-state index contributed by atoms with van der Waals surface area (Å²) in [5.41, 5.74) is 1.07. The summed E-state index contributed by atoms with van der Waals surface area (Å²) in [5.74, 6) is 0. The molecule has 0 fully saturated rings. The second kappa shape index (κ2) is 3.01. The lowest BCUT2D eigenvalue weighted by atomic mass is 10.2. The number of hydrogen-bond acceptors (Lipinski definition) is 0. The van der Waals surface area contributed by atoms with Crippen molar-refractivity contribution in [3.05, 3.63) is 40.0 Å². The molecule has 0 atom stereocenters. The van der Waals surface area contributed by atoms with Crippen molar-refractivity contribution < 1.29 is 0 Å². The van der Waals surface area contributed by atoms with Crippen LogP contribution in [0.25, 0.3) is 6.08 Å². The van der Waals surface area contributed by atoms with Gasteiger partial charge in [-0.05, 0) is 40.3 Å². The molecular formula is C8H6I. The number of hydrogen-bond donors (Lipinski definition) is 0. The van der Waals surface area contributed by atoms with Crippen molar-refractivity contribution in [2.24, 2.45) is 0 Å². The fourth-order valence-electron chi connectivity index (χ4n) is 0.610. The van der Waals surface area contributed by atoms with Gasteiger partial charge in [-0.3, -0.25) is 0 Å². The summed E-state index contributed by atoms with van der Waals surface area (Å²) in [4.78, 5) is 0. The van der Waals surface area contributed by atoms with E-state index in [1.807, 2.05) is 24.3 Å². The van der Waals surface area contributed by atoms with Crippen molar-refractivity contribution in [1.29, 1.82) is 0 Å². The van der Waals surface area contributed by atoms with E-state index < -0.39 is 0 Å². The van der Waals surface area contributed by atoms with Gasteiger partial charge >= 0.3 is 0 Å². The molecule has 0 saturated carbocycles. The zero-order valence-electron chi connectivity index (χ0n) is 4.84. The minimum atomic E-state index is 1.07. The lowest BCUT2D eigenvalue weighted by Crippen LogP contribution is -1.71. The minimum Gasteiger partial charge on any atom is -0.0617 e. The maximum atomic E-state index is 5.29. The molecule has 1 aromatic rings. The standard InChI is InChI=1S/C8H6I/c1-2-7-4-3-5-8(9)6-7/h1-6H. The van der Waals surface area contributed by atoms with Crippen LogP contribution in [-0.2, 0) is 0 Å². The highest BCUT2D eigenvalue weighted by Gasteiger charge is 1.84. The SMILES string of the molecule is [CH]=Cc1cccc(I)c1. The summed E-state index contributed by atoms with van der Waals surface area (Å²) in [7, 11) is 0. The Morgan fingerprint density at radius 3 is 2.67 bits per heavy atom. The Labute approximate surface area is 68.7 Å². The van der Waals surface area contributed by atoms with E-state index in [1.54, 1.807) is 6.08 Å². The zero-order chi connectivity index (χ0) is 6.69. The summed E-state index contributed by atoms with van der Waals surface area (Å²) in [5, 5.41) is 0. The summed E-state index contributed by atoms with van der Waals surface area (Å²) in [6.07, 6.45) is 1.60. The summed E-state index contributed by atoms with van der Waals surface area (Å²) in [6.45, 7) is 5.29. The molecule has 0 aromatic heterocycles. The van der Waals surface area contributed by atoms with Gasteiger partial charge in [-0.15, -0.1) is 0 Å². The van der Waals surface area contributed by atoms with Crippen LogP contribution in [0.4, 0.5) is 0 Å². The maximum Gasteiger partial charge on any atom is 0.0136 e. The topological polar surface area (TPSA) is 0 Å². The Bertz CT molecular complexity index is 216. The molecule has 9 heavy (non-hydrogen) atoms. The second-order valence-electron chi connectivity index (χ2n) is 1.72. The summed E-state index contributed by atoms with van der Waals surface area (Å²) < 4.78 is 1.21. The highest BCUT2D eigenvalue weighted by molar-refractivity contribution is 14.1. The largest absolute Gasteiger partial charge is 0.0617 e. The Hall–Kier alpha value is -0.310. The Kier molecular flexibility index (Phi) is 2.28. The van der Waals surface area contributed by atoms with Gasteiger partial charge in [0.1, 0.15) is 0 Å².